The van der Waals surface area contributed by atoms with E-state index < -0.39 is 11.8 Å². The first-order valence-corrected chi connectivity index (χ1v) is 7.89. The topological polar surface area (TPSA) is 50.4 Å². The lowest BCUT2D eigenvalue weighted by atomic mass is 9.87. The molecule has 2 aromatic rings. The van der Waals surface area contributed by atoms with Crippen LogP contribution in [0, 0.1) is 5.82 Å². The van der Waals surface area contributed by atoms with Crippen molar-refractivity contribution in [2.24, 2.45) is 0 Å². The summed E-state index contributed by atoms with van der Waals surface area (Å²) in [6.45, 7) is 7.11. The molecule has 0 unspecified atom stereocenters. The lowest BCUT2D eigenvalue weighted by molar-refractivity contribution is 0.247. The van der Waals surface area contributed by atoms with E-state index in [1.54, 1.807) is 12.1 Å². The average Bonchev–Trinajstić information content (AvgIpc) is 2.53. The molecule has 0 saturated carbocycles. The van der Waals surface area contributed by atoms with Gasteiger partial charge in [0.25, 0.3) is 0 Å². The van der Waals surface area contributed by atoms with E-state index in [1.807, 2.05) is 24.3 Å². The maximum Gasteiger partial charge on any atom is 0.319 e. The number of amides is 2. The molecule has 0 bridgehead atoms. The zero-order chi connectivity index (χ0) is 17.6. The van der Waals surface area contributed by atoms with Crippen molar-refractivity contribution in [1.82, 2.24) is 5.32 Å². The van der Waals surface area contributed by atoms with Crippen molar-refractivity contribution in [3.63, 3.8) is 0 Å². The number of urea groups is 1. The lowest BCUT2D eigenvalue weighted by Crippen LogP contribution is -2.32. The summed E-state index contributed by atoms with van der Waals surface area (Å²) >= 11 is 0. The summed E-state index contributed by atoms with van der Waals surface area (Å²) in [5.74, 6) is 0.280. The van der Waals surface area contributed by atoms with Crippen molar-refractivity contribution in [3.05, 3.63) is 59.9 Å². The number of hydrogen-bond donors (Lipinski definition) is 2. The van der Waals surface area contributed by atoms with E-state index in [2.05, 4.69) is 31.4 Å². The molecule has 0 fully saturated rings. The number of nitrogens with one attached hydrogen (secondary N) is 2. The second-order valence-electron chi connectivity index (χ2n) is 6.48. The van der Waals surface area contributed by atoms with Crippen LogP contribution < -0.4 is 15.4 Å². The maximum atomic E-state index is 13.4. The number of hydrogen-bond acceptors (Lipinski definition) is 2. The van der Waals surface area contributed by atoms with E-state index in [1.165, 1.54) is 17.7 Å². The molecular formula is C19H23FN2O2. The third-order valence-corrected chi connectivity index (χ3v) is 3.50. The molecule has 128 valence electrons. The molecule has 0 aliphatic rings. The molecule has 4 nitrogen and oxygen atoms in total. The monoisotopic (exact) mass is 330 g/mol. The second-order valence-corrected chi connectivity index (χ2v) is 6.48. The van der Waals surface area contributed by atoms with Gasteiger partial charge in [-0.3, -0.25) is 0 Å². The summed E-state index contributed by atoms with van der Waals surface area (Å²) in [6.07, 6.45) is 0. The van der Waals surface area contributed by atoms with Crippen LogP contribution in [0.3, 0.4) is 0 Å². The molecule has 2 amide bonds. The minimum Gasteiger partial charge on any atom is -0.492 e. The van der Waals surface area contributed by atoms with Gasteiger partial charge in [-0.15, -0.1) is 0 Å². The number of benzene rings is 2. The summed E-state index contributed by atoms with van der Waals surface area (Å²) < 4.78 is 19.0. The average molecular weight is 330 g/mol. The molecule has 2 N–H and O–H groups in total. The summed E-state index contributed by atoms with van der Waals surface area (Å²) in [6, 6.07) is 13.5. The van der Waals surface area contributed by atoms with Crippen LogP contribution in [0.2, 0.25) is 0 Å². The predicted octanol–water partition coefficient (Wildman–Crippen LogP) is 4.32. The first-order chi connectivity index (χ1) is 11.4. The number of para-hydroxylation sites is 1. The van der Waals surface area contributed by atoms with Crippen LogP contribution in [-0.4, -0.2) is 19.2 Å². The standard InChI is InChI=1S/C19H23FN2O2/c1-19(2,3)14-8-10-15(11-9-14)24-13-12-21-18(23)22-17-7-5-4-6-16(17)20/h4-11H,12-13H2,1-3H3,(H2,21,22,23). The highest BCUT2D eigenvalue weighted by Gasteiger charge is 2.12. The minimum absolute atomic E-state index is 0.102. The van der Waals surface area contributed by atoms with Crippen LogP contribution in [0.1, 0.15) is 26.3 Å². The number of anilines is 1. The molecule has 0 aliphatic carbocycles. The van der Waals surface area contributed by atoms with Crippen molar-refractivity contribution in [2.45, 2.75) is 26.2 Å². The van der Waals surface area contributed by atoms with Crippen LogP contribution in [0.25, 0.3) is 0 Å². The third kappa shape index (κ3) is 5.26. The Morgan fingerprint density at radius 1 is 1.08 bits per heavy atom. The molecule has 0 spiro atoms. The van der Waals surface area contributed by atoms with Crippen LogP contribution in [-0.2, 0) is 5.41 Å². The SMILES string of the molecule is CC(C)(C)c1ccc(OCCNC(=O)Nc2ccccc2F)cc1. The Morgan fingerprint density at radius 2 is 1.75 bits per heavy atom. The van der Waals surface area contributed by atoms with Gasteiger partial charge >= 0.3 is 6.03 Å². The van der Waals surface area contributed by atoms with E-state index in [0.717, 1.165) is 5.75 Å². The van der Waals surface area contributed by atoms with E-state index in [9.17, 15) is 9.18 Å². The highest BCUT2D eigenvalue weighted by Crippen LogP contribution is 2.24. The Kier molecular flexibility index (Phi) is 5.79. The Bertz CT molecular complexity index is 679. The highest BCUT2D eigenvalue weighted by molar-refractivity contribution is 5.89. The van der Waals surface area contributed by atoms with Crippen molar-refractivity contribution in [3.8, 4) is 5.75 Å². The van der Waals surface area contributed by atoms with Gasteiger partial charge < -0.3 is 15.4 Å². The van der Waals surface area contributed by atoms with Gasteiger partial charge in [0.1, 0.15) is 18.2 Å². The number of rotatable bonds is 5. The van der Waals surface area contributed by atoms with Gasteiger partial charge in [-0.05, 0) is 35.2 Å². The summed E-state index contributed by atoms with van der Waals surface area (Å²) in [4.78, 5) is 11.7. The Hall–Kier alpha value is -2.56. The number of halogens is 1. The molecule has 24 heavy (non-hydrogen) atoms. The van der Waals surface area contributed by atoms with Gasteiger partial charge in [0, 0.05) is 0 Å². The molecule has 0 saturated heterocycles. The fourth-order valence-electron chi connectivity index (χ4n) is 2.11. The predicted molar refractivity (Wildman–Crippen MR) is 94.1 cm³/mol. The van der Waals surface area contributed by atoms with Gasteiger partial charge in [-0.2, -0.15) is 0 Å². The zero-order valence-corrected chi connectivity index (χ0v) is 14.2. The van der Waals surface area contributed by atoms with Crippen LogP contribution in [0.5, 0.6) is 5.75 Å². The molecule has 2 rings (SSSR count). The van der Waals surface area contributed by atoms with Gasteiger partial charge in [0.15, 0.2) is 0 Å². The Labute approximate surface area is 142 Å². The van der Waals surface area contributed by atoms with Crippen LogP contribution in [0.4, 0.5) is 14.9 Å². The summed E-state index contributed by atoms with van der Waals surface area (Å²) in [7, 11) is 0. The molecular weight excluding hydrogens is 307 g/mol. The first-order valence-electron chi connectivity index (χ1n) is 7.89. The van der Waals surface area contributed by atoms with E-state index in [-0.39, 0.29) is 11.1 Å². The number of carbonyl (C=O) groups is 1. The highest BCUT2D eigenvalue weighted by atomic mass is 19.1. The second kappa shape index (κ2) is 7.81. The largest absolute Gasteiger partial charge is 0.492 e. The summed E-state index contributed by atoms with van der Waals surface area (Å²) in [5, 5.41) is 5.07. The van der Waals surface area contributed by atoms with E-state index >= 15 is 0 Å². The molecule has 0 heterocycles. The Balaban J connectivity index is 1.73. The normalized spacial score (nSPS) is 11.0. The summed E-state index contributed by atoms with van der Waals surface area (Å²) in [5.41, 5.74) is 1.48. The fourth-order valence-corrected chi connectivity index (χ4v) is 2.11. The van der Waals surface area contributed by atoms with E-state index in [0.29, 0.717) is 13.2 Å². The number of ether oxygens (including phenoxy) is 1. The zero-order valence-electron chi connectivity index (χ0n) is 14.2. The maximum absolute atomic E-state index is 13.4. The quantitative estimate of drug-likeness (QED) is 0.802. The van der Waals surface area contributed by atoms with Crippen LogP contribution in [0.15, 0.2) is 48.5 Å². The van der Waals surface area contributed by atoms with Crippen molar-refractivity contribution in [1.29, 1.82) is 0 Å². The first kappa shape index (κ1) is 17.8. The van der Waals surface area contributed by atoms with Crippen molar-refractivity contribution < 1.29 is 13.9 Å². The molecule has 0 aromatic heterocycles. The minimum atomic E-state index is -0.470. The molecule has 0 atom stereocenters. The van der Waals surface area contributed by atoms with Crippen molar-refractivity contribution in [2.75, 3.05) is 18.5 Å². The van der Waals surface area contributed by atoms with Gasteiger partial charge in [0.2, 0.25) is 0 Å². The molecule has 2 aromatic carbocycles. The smallest absolute Gasteiger partial charge is 0.319 e. The van der Waals surface area contributed by atoms with E-state index in [4.69, 9.17) is 4.74 Å². The molecule has 5 heteroatoms. The Morgan fingerprint density at radius 3 is 2.38 bits per heavy atom. The lowest BCUT2D eigenvalue weighted by Gasteiger charge is -2.19. The number of carbonyl (C=O) groups excluding carboxylic acids is 1. The van der Waals surface area contributed by atoms with Gasteiger partial charge in [-0.1, -0.05) is 45.0 Å². The fraction of sp³-hybridized carbons (Fsp3) is 0.316. The van der Waals surface area contributed by atoms with Gasteiger partial charge in [0.05, 0.1) is 12.2 Å². The third-order valence-electron chi connectivity index (χ3n) is 3.50. The molecule has 0 aliphatic heterocycles. The van der Waals surface area contributed by atoms with Crippen LogP contribution >= 0.6 is 0 Å². The van der Waals surface area contributed by atoms with Gasteiger partial charge in [-0.25, -0.2) is 9.18 Å². The van der Waals surface area contributed by atoms with Crippen molar-refractivity contribution >= 4 is 11.7 Å². The molecule has 0 radical (unpaired) electrons.